The van der Waals surface area contributed by atoms with Gasteiger partial charge in [0.15, 0.2) is 5.78 Å². The van der Waals surface area contributed by atoms with Crippen LogP contribution in [0.15, 0.2) is 18.7 Å². The van der Waals surface area contributed by atoms with Crippen molar-refractivity contribution in [1.29, 1.82) is 0 Å². The second-order valence-corrected chi connectivity index (χ2v) is 4.67. The third-order valence-corrected chi connectivity index (χ3v) is 3.11. The van der Waals surface area contributed by atoms with Crippen molar-refractivity contribution in [2.24, 2.45) is 17.6 Å². The molecule has 17 heavy (non-hydrogen) atoms. The smallest absolute Gasteiger partial charge is 0.165 e. The Bertz CT molecular complexity index is 338. The molecule has 0 bridgehead atoms. The van der Waals surface area contributed by atoms with Crippen LogP contribution in [0, 0.1) is 11.8 Å². The van der Waals surface area contributed by atoms with Crippen LogP contribution in [0.4, 0.5) is 0 Å². The zero-order valence-electron chi connectivity index (χ0n) is 10.6. The zero-order valence-corrected chi connectivity index (χ0v) is 10.6. The lowest BCUT2D eigenvalue weighted by Crippen LogP contribution is -2.16. The van der Waals surface area contributed by atoms with Crippen molar-refractivity contribution in [1.82, 2.24) is 9.97 Å². The second kappa shape index (κ2) is 7.12. The summed E-state index contributed by atoms with van der Waals surface area (Å²) in [5.74, 6) is 1.21. The molecule has 1 aromatic heterocycles. The van der Waals surface area contributed by atoms with E-state index in [2.05, 4.69) is 23.8 Å². The van der Waals surface area contributed by atoms with E-state index < -0.39 is 0 Å². The highest BCUT2D eigenvalue weighted by Crippen LogP contribution is 2.21. The maximum atomic E-state index is 11.9. The predicted molar refractivity (Wildman–Crippen MR) is 67.6 cm³/mol. The Labute approximate surface area is 103 Å². The van der Waals surface area contributed by atoms with E-state index in [1.165, 1.54) is 6.33 Å². The topological polar surface area (TPSA) is 68.9 Å². The maximum absolute atomic E-state index is 11.9. The lowest BCUT2D eigenvalue weighted by Gasteiger charge is -2.19. The molecule has 0 saturated heterocycles. The van der Waals surface area contributed by atoms with Gasteiger partial charge in [-0.1, -0.05) is 13.8 Å². The molecule has 4 heteroatoms. The SMILES string of the molecule is CC(C)C(CCN)CCC(=O)c1cncnc1. The molecule has 0 aliphatic heterocycles. The van der Waals surface area contributed by atoms with Gasteiger partial charge in [-0.15, -0.1) is 0 Å². The van der Waals surface area contributed by atoms with Gasteiger partial charge in [-0.25, -0.2) is 9.97 Å². The molecule has 0 spiro atoms. The van der Waals surface area contributed by atoms with Gasteiger partial charge in [-0.2, -0.15) is 0 Å². The number of nitrogens with zero attached hydrogens (tertiary/aromatic N) is 2. The lowest BCUT2D eigenvalue weighted by atomic mass is 9.87. The molecular weight excluding hydrogens is 214 g/mol. The van der Waals surface area contributed by atoms with Crippen LogP contribution < -0.4 is 5.73 Å². The van der Waals surface area contributed by atoms with Crippen LogP contribution in [0.1, 0.15) is 43.5 Å². The van der Waals surface area contributed by atoms with E-state index in [4.69, 9.17) is 5.73 Å². The number of nitrogens with two attached hydrogens (primary N) is 1. The van der Waals surface area contributed by atoms with Crippen molar-refractivity contribution in [2.75, 3.05) is 6.54 Å². The zero-order chi connectivity index (χ0) is 12.7. The van der Waals surface area contributed by atoms with Crippen LogP contribution in [0.2, 0.25) is 0 Å². The first-order chi connectivity index (χ1) is 8.15. The van der Waals surface area contributed by atoms with Crippen LogP contribution >= 0.6 is 0 Å². The van der Waals surface area contributed by atoms with Gasteiger partial charge in [0.05, 0.1) is 5.56 Å². The number of Topliss-reactive ketones (excluding diaryl/α,β-unsaturated/α-hetero) is 1. The Kier molecular flexibility index (Phi) is 5.77. The molecule has 0 radical (unpaired) electrons. The molecular formula is C13H21N3O. The largest absolute Gasteiger partial charge is 0.330 e. The molecule has 4 nitrogen and oxygen atoms in total. The van der Waals surface area contributed by atoms with E-state index in [9.17, 15) is 4.79 Å². The van der Waals surface area contributed by atoms with Gasteiger partial charge in [0.25, 0.3) is 0 Å². The Morgan fingerprint density at radius 1 is 1.29 bits per heavy atom. The Morgan fingerprint density at radius 2 is 1.94 bits per heavy atom. The fourth-order valence-electron chi connectivity index (χ4n) is 1.93. The summed E-state index contributed by atoms with van der Waals surface area (Å²) in [6, 6.07) is 0. The minimum atomic E-state index is 0.119. The highest BCUT2D eigenvalue weighted by atomic mass is 16.1. The van der Waals surface area contributed by atoms with Crippen LogP contribution in [-0.4, -0.2) is 22.3 Å². The van der Waals surface area contributed by atoms with Gasteiger partial charge >= 0.3 is 0 Å². The van der Waals surface area contributed by atoms with Crippen molar-refractivity contribution in [3.8, 4) is 0 Å². The third kappa shape index (κ3) is 4.61. The van der Waals surface area contributed by atoms with Crippen molar-refractivity contribution in [2.45, 2.75) is 33.1 Å². The minimum Gasteiger partial charge on any atom is -0.330 e. The summed E-state index contributed by atoms with van der Waals surface area (Å²) in [5, 5.41) is 0. The fraction of sp³-hybridized carbons (Fsp3) is 0.615. The number of hydrogen-bond acceptors (Lipinski definition) is 4. The third-order valence-electron chi connectivity index (χ3n) is 3.11. The number of aromatic nitrogens is 2. The van der Waals surface area contributed by atoms with Crippen LogP contribution in [0.5, 0.6) is 0 Å². The van der Waals surface area contributed by atoms with Gasteiger partial charge in [0.1, 0.15) is 6.33 Å². The molecule has 0 aliphatic carbocycles. The van der Waals surface area contributed by atoms with Crippen molar-refractivity contribution in [3.05, 3.63) is 24.3 Å². The summed E-state index contributed by atoms with van der Waals surface area (Å²) < 4.78 is 0. The van der Waals surface area contributed by atoms with Gasteiger partial charge in [-0.05, 0) is 31.2 Å². The average molecular weight is 235 g/mol. The Morgan fingerprint density at radius 3 is 2.47 bits per heavy atom. The Balaban J connectivity index is 2.47. The number of rotatable bonds is 7. The van der Waals surface area contributed by atoms with Crippen molar-refractivity contribution >= 4 is 5.78 Å². The monoisotopic (exact) mass is 235 g/mol. The predicted octanol–water partition coefficient (Wildman–Crippen LogP) is 2.06. The minimum absolute atomic E-state index is 0.119. The molecule has 1 heterocycles. The maximum Gasteiger partial charge on any atom is 0.165 e. The van der Waals surface area contributed by atoms with Crippen molar-refractivity contribution in [3.63, 3.8) is 0 Å². The molecule has 2 N–H and O–H groups in total. The number of ketones is 1. The van der Waals surface area contributed by atoms with E-state index in [0.29, 0.717) is 30.4 Å². The molecule has 0 aliphatic rings. The summed E-state index contributed by atoms with van der Waals surface area (Å²) in [7, 11) is 0. The molecule has 1 rings (SSSR count). The van der Waals surface area contributed by atoms with Crippen molar-refractivity contribution < 1.29 is 4.79 Å². The quantitative estimate of drug-likeness (QED) is 0.734. The Hall–Kier alpha value is -1.29. The van der Waals surface area contributed by atoms with Crippen LogP contribution in [0.25, 0.3) is 0 Å². The average Bonchev–Trinajstić information content (AvgIpc) is 2.34. The van der Waals surface area contributed by atoms with Crippen LogP contribution in [0.3, 0.4) is 0 Å². The summed E-state index contributed by atoms with van der Waals surface area (Å²) in [4.78, 5) is 19.6. The molecule has 1 unspecified atom stereocenters. The standard InChI is InChI=1S/C13H21N3O/c1-10(2)11(5-6-14)3-4-13(17)12-7-15-9-16-8-12/h7-11H,3-6,14H2,1-2H3. The first-order valence-corrected chi connectivity index (χ1v) is 6.13. The summed E-state index contributed by atoms with van der Waals surface area (Å²) in [5.41, 5.74) is 6.18. The normalized spacial score (nSPS) is 12.7. The van der Waals surface area contributed by atoms with E-state index in [1.807, 2.05) is 0 Å². The molecule has 1 atom stereocenters. The molecule has 0 aromatic carbocycles. The molecule has 94 valence electrons. The highest BCUT2D eigenvalue weighted by Gasteiger charge is 2.15. The molecule has 0 amide bonds. The number of carbonyl (C=O) groups excluding carboxylic acids is 1. The summed E-state index contributed by atoms with van der Waals surface area (Å²) in [6.45, 7) is 5.04. The van der Waals surface area contributed by atoms with E-state index in [0.717, 1.165) is 12.8 Å². The van der Waals surface area contributed by atoms with Gasteiger partial charge in [0, 0.05) is 18.8 Å². The fourth-order valence-corrected chi connectivity index (χ4v) is 1.93. The highest BCUT2D eigenvalue weighted by molar-refractivity contribution is 5.95. The van der Waals surface area contributed by atoms with Gasteiger partial charge < -0.3 is 5.73 Å². The number of hydrogen-bond donors (Lipinski definition) is 1. The van der Waals surface area contributed by atoms with Gasteiger partial charge in [-0.3, -0.25) is 4.79 Å². The molecule has 0 saturated carbocycles. The summed E-state index contributed by atoms with van der Waals surface area (Å²) in [6.07, 6.45) is 7.00. The lowest BCUT2D eigenvalue weighted by molar-refractivity contribution is 0.0968. The molecule has 0 fully saturated rings. The van der Waals surface area contributed by atoms with E-state index in [-0.39, 0.29) is 5.78 Å². The summed E-state index contributed by atoms with van der Waals surface area (Å²) >= 11 is 0. The second-order valence-electron chi connectivity index (χ2n) is 4.67. The van der Waals surface area contributed by atoms with Gasteiger partial charge in [0.2, 0.25) is 0 Å². The first-order valence-electron chi connectivity index (χ1n) is 6.13. The van der Waals surface area contributed by atoms with E-state index >= 15 is 0 Å². The molecule has 1 aromatic rings. The van der Waals surface area contributed by atoms with Crippen LogP contribution in [-0.2, 0) is 0 Å². The first kappa shape index (κ1) is 13.8. The number of carbonyl (C=O) groups is 1. The van der Waals surface area contributed by atoms with E-state index in [1.54, 1.807) is 12.4 Å².